The summed E-state index contributed by atoms with van der Waals surface area (Å²) < 4.78 is 5.19. The minimum absolute atomic E-state index is 0.00192. The molecule has 0 spiro atoms. The SMILES string of the molecule is C[C@@H]1CN(CC(N)=O)C[C@@H]1NC(=O)c1cc(C2CC2)on1. The zero-order chi connectivity index (χ0) is 15.0. The van der Waals surface area contributed by atoms with Gasteiger partial charge in [-0.3, -0.25) is 14.5 Å². The van der Waals surface area contributed by atoms with Gasteiger partial charge in [-0.1, -0.05) is 12.1 Å². The first-order valence-corrected chi connectivity index (χ1v) is 7.31. The molecular weight excluding hydrogens is 272 g/mol. The molecule has 1 aromatic rings. The molecule has 114 valence electrons. The molecule has 0 unspecified atom stereocenters. The Labute approximate surface area is 122 Å². The van der Waals surface area contributed by atoms with E-state index in [0.29, 0.717) is 18.2 Å². The zero-order valence-electron chi connectivity index (χ0n) is 12.0. The van der Waals surface area contributed by atoms with Crippen molar-refractivity contribution in [3.63, 3.8) is 0 Å². The Bertz CT molecular complexity index is 552. The van der Waals surface area contributed by atoms with Crippen LogP contribution in [-0.4, -0.2) is 47.5 Å². The second kappa shape index (κ2) is 5.48. The maximum atomic E-state index is 12.2. The number of nitrogens with zero attached hydrogens (tertiary/aromatic N) is 2. The number of nitrogens with one attached hydrogen (secondary N) is 1. The molecule has 1 aliphatic heterocycles. The smallest absolute Gasteiger partial charge is 0.273 e. The van der Waals surface area contributed by atoms with Crippen molar-refractivity contribution in [2.45, 2.75) is 31.7 Å². The number of hydrogen-bond acceptors (Lipinski definition) is 5. The third-order valence-corrected chi connectivity index (χ3v) is 4.12. The molecule has 3 rings (SSSR count). The number of rotatable bonds is 5. The summed E-state index contributed by atoms with van der Waals surface area (Å²) in [6, 6.07) is 1.73. The molecular formula is C14H20N4O3. The second-order valence-corrected chi connectivity index (χ2v) is 6.11. The summed E-state index contributed by atoms with van der Waals surface area (Å²) in [4.78, 5) is 25.1. The first-order chi connectivity index (χ1) is 10.0. The molecule has 2 fully saturated rings. The van der Waals surface area contributed by atoms with E-state index in [1.54, 1.807) is 6.07 Å². The Balaban J connectivity index is 1.57. The van der Waals surface area contributed by atoms with Crippen LogP contribution in [0.4, 0.5) is 0 Å². The summed E-state index contributed by atoms with van der Waals surface area (Å²) in [7, 11) is 0. The number of amides is 2. The van der Waals surface area contributed by atoms with Crippen LogP contribution in [0, 0.1) is 5.92 Å². The van der Waals surface area contributed by atoms with Gasteiger partial charge in [-0.25, -0.2) is 0 Å². The van der Waals surface area contributed by atoms with Crippen molar-refractivity contribution < 1.29 is 14.1 Å². The van der Waals surface area contributed by atoms with Gasteiger partial charge in [-0.15, -0.1) is 0 Å². The maximum absolute atomic E-state index is 12.2. The van der Waals surface area contributed by atoms with Crippen molar-refractivity contribution in [3.05, 3.63) is 17.5 Å². The number of primary amides is 1. The Hall–Kier alpha value is -1.89. The molecule has 7 nitrogen and oxygen atoms in total. The molecule has 1 aliphatic carbocycles. The van der Waals surface area contributed by atoms with Crippen molar-refractivity contribution in [2.24, 2.45) is 11.7 Å². The number of hydrogen-bond donors (Lipinski definition) is 2. The van der Waals surface area contributed by atoms with Gasteiger partial charge >= 0.3 is 0 Å². The van der Waals surface area contributed by atoms with Gasteiger partial charge in [-0.2, -0.15) is 0 Å². The third-order valence-electron chi connectivity index (χ3n) is 4.12. The molecule has 1 saturated carbocycles. The molecule has 1 saturated heterocycles. The lowest BCUT2D eigenvalue weighted by Gasteiger charge is -2.15. The predicted molar refractivity (Wildman–Crippen MR) is 74.5 cm³/mol. The van der Waals surface area contributed by atoms with Gasteiger partial charge in [0.25, 0.3) is 5.91 Å². The fourth-order valence-electron chi connectivity index (χ4n) is 2.80. The van der Waals surface area contributed by atoms with Crippen LogP contribution in [-0.2, 0) is 4.79 Å². The van der Waals surface area contributed by atoms with E-state index in [-0.39, 0.29) is 30.3 Å². The summed E-state index contributed by atoms with van der Waals surface area (Å²) in [5.74, 6) is 0.941. The summed E-state index contributed by atoms with van der Waals surface area (Å²) in [5.41, 5.74) is 5.53. The van der Waals surface area contributed by atoms with Crippen molar-refractivity contribution in [1.29, 1.82) is 0 Å². The average molecular weight is 292 g/mol. The van der Waals surface area contributed by atoms with Crippen LogP contribution in [0.2, 0.25) is 0 Å². The lowest BCUT2D eigenvalue weighted by Crippen LogP contribution is -2.40. The standard InChI is InChI=1S/C14H20N4O3/c1-8-5-18(7-13(15)19)6-11(8)16-14(20)10-4-12(21-17-10)9-2-3-9/h4,8-9,11H,2-3,5-7H2,1H3,(H2,15,19)(H,16,20)/t8-,11+/m1/s1. The first-order valence-electron chi connectivity index (χ1n) is 7.31. The molecule has 0 aromatic carbocycles. The molecule has 7 heteroatoms. The van der Waals surface area contributed by atoms with Crippen LogP contribution in [0.1, 0.15) is 41.9 Å². The molecule has 0 radical (unpaired) electrons. The van der Waals surface area contributed by atoms with Gasteiger partial charge in [0.05, 0.1) is 6.54 Å². The highest BCUT2D eigenvalue weighted by atomic mass is 16.5. The van der Waals surface area contributed by atoms with Crippen LogP contribution >= 0.6 is 0 Å². The number of nitrogens with two attached hydrogens (primary N) is 1. The molecule has 3 N–H and O–H groups in total. The van der Waals surface area contributed by atoms with E-state index >= 15 is 0 Å². The van der Waals surface area contributed by atoms with Crippen LogP contribution in [0.3, 0.4) is 0 Å². The minimum atomic E-state index is -0.347. The predicted octanol–water partition coefficient (Wildman–Crippen LogP) is 0.0874. The van der Waals surface area contributed by atoms with E-state index < -0.39 is 0 Å². The number of likely N-dealkylation sites (tertiary alicyclic amines) is 1. The fraction of sp³-hybridized carbons (Fsp3) is 0.643. The van der Waals surface area contributed by atoms with Crippen LogP contribution < -0.4 is 11.1 Å². The molecule has 2 aliphatic rings. The largest absolute Gasteiger partial charge is 0.369 e. The van der Waals surface area contributed by atoms with E-state index in [1.807, 2.05) is 11.8 Å². The molecule has 21 heavy (non-hydrogen) atoms. The molecule has 2 atom stereocenters. The van der Waals surface area contributed by atoms with E-state index in [1.165, 1.54) is 0 Å². The molecule has 2 heterocycles. The molecule has 1 aromatic heterocycles. The summed E-state index contributed by atoms with van der Waals surface area (Å²) in [6.07, 6.45) is 2.22. The summed E-state index contributed by atoms with van der Waals surface area (Å²) in [6.45, 7) is 3.65. The Morgan fingerprint density at radius 2 is 2.24 bits per heavy atom. The number of carbonyl (C=O) groups is 2. The van der Waals surface area contributed by atoms with E-state index in [4.69, 9.17) is 10.3 Å². The normalized spacial score (nSPS) is 26.0. The van der Waals surface area contributed by atoms with Crippen molar-refractivity contribution in [1.82, 2.24) is 15.4 Å². The van der Waals surface area contributed by atoms with Gasteiger partial charge in [-0.05, 0) is 18.8 Å². The quantitative estimate of drug-likeness (QED) is 0.800. The van der Waals surface area contributed by atoms with Crippen molar-refractivity contribution in [3.8, 4) is 0 Å². The van der Waals surface area contributed by atoms with E-state index in [2.05, 4.69) is 10.5 Å². The average Bonchev–Trinajstić information content (AvgIpc) is 3.04. The van der Waals surface area contributed by atoms with Crippen molar-refractivity contribution in [2.75, 3.05) is 19.6 Å². The lowest BCUT2D eigenvalue weighted by atomic mass is 10.1. The third kappa shape index (κ3) is 3.24. The monoisotopic (exact) mass is 292 g/mol. The van der Waals surface area contributed by atoms with Gasteiger partial charge in [0.1, 0.15) is 5.76 Å². The van der Waals surface area contributed by atoms with E-state index in [0.717, 1.165) is 25.1 Å². The molecule has 2 amide bonds. The number of aromatic nitrogens is 1. The maximum Gasteiger partial charge on any atom is 0.273 e. The zero-order valence-corrected chi connectivity index (χ0v) is 12.0. The van der Waals surface area contributed by atoms with Crippen molar-refractivity contribution >= 4 is 11.8 Å². The Morgan fingerprint density at radius 3 is 2.90 bits per heavy atom. The first kappa shape index (κ1) is 14.1. The Morgan fingerprint density at radius 1 is 1.48 bits per heavy atom. The second-order valence-electron chi connectivity index (χ2n) is 6.11. The van der Waals surface area contributed by atoms with Gasteiger partial charge < -0.3 is 15.6 Å². The van der Waals surface area contributed by atoms with Gasteiger partial charge in [0.2, 0.25) is 5.91 Å². The van der Waals surface area contributed by atoms with Crippen LogP contribution in [0.15, 0.2) is 10.6 Å². The highest BCUT2D eigenvalue weighted by Crippen LogP contribution is 2.40. The highest BCUT2D eigenvalue weighted by Gasteiger charge is 2.33. The van der Waals surface area contributed by atoms with Crippen LogP contribution in [0.25, 0.3) is 0 Å². The summed E-state index contributed by atoms with van der Waals surface area (Å²) in [5, 5.41) is 6.80. The van der Waals surface area contributed by atoms with E-state index in [9.17, 15) is 9.59 Å². The number of carbonyl (C=O) groups excluding carboxylic acids is 2. The van der Waals surface area contributed by atoms with Gasteiger partial charge in [0, 0.05) is 31.1 Å². The minimum Gasteiger partial charge on any atom is -0.369 e. The highest BCUT2D eigenvalue weighted by molar-refractivity contribution is 5.92. The molecule has 0 bridgehead atoms. The summed E-state index contributed by atoms with van der Waals surface area (Å²) >= 11 is 0. The van der Waals surface area contributed by atoms with Crippen LogP contribution in [0.5, 0.6) is 0 Å². The Kier molecular flexibility index (Phi) is 3.67. The lowest BCUT2D eigenvalue weighted by molar-refractivity contribution is -0.118. The fourth-order valence-corrected chi connectivity index (χ4v) is 2.80. The topological polar surface area (TPSA) is 101 Å². The van der Waals surface area contributed by atoms with Gasteiger partial charge in [0.15, 0.2) is 5.69 Å².